The highest BCUT2D eigenvalue weighted by atomic mass is 32.1. The molecule has 6 aromatic carbocycles. The third kappa shape index (κ3) is 5.97. The molecule has 9 rings (SSSR count). The second-order valence-electron chi connectivity index (χ2n) is 12.9. The average molecular weight is 708 g/mol. The molecule has 0 fully saturated rings. The Balaban J connectivity index is 0.00000197. The second-order valence-corrected chi connectivity index (χ2v) is 13.9. The number of para-hydroxylation sites is 1. The second kappa shape index (κ2) is 14.5. The first-order valence-corrected chi connectivity index (χ1v) is 19.2. The molecule has 0 aliphatic rings. The molecule has 3 aromatic heterocycles. The van der Waals surface area contributed by atoms with Crippen molar-refractivity contribution in [2.75, 3.05) is 0 Å². The largest absolute Gasteiger partial charge is 0.482 e. The highest BCUT2D eigenvalue weighted by Crippen LogP contribution is 2.48. The van der Waals surface area contributed by atoms with E-state index >= 15 is 0 Å². The zero-order chi connectivity index (χ0) is 36.5. The number of thiophene rings is 1. The highest BCUT2D eigenvalue weighted by Gasteiger charge is 2.22. The van der Waals surface area contributed by atoms with Gasteiger partial charge < -0.3 is 9.30 Å². The van der Waals surface area contributed by atoms with Crippen LogP contribution in [0.3, 0.4) is 0 Å². The number of aryl methyl sites for hydroxylation is 1. The Bertz CT molecular complexity index is 2810. The molecule has 0 spiro atoms. The van der Waals surface area contributed by atoms with Gasteiger partial charge in [-0.3, -0.25) is 0 Å². The Hall–Kier alpha value is -6.04. The number of fused-ring (bicyclic) bond motifs is 10. The molecule has 0 radical (unpaired) electrons. The summed E-state index contributed by atoms with van der Waals surface area (Å²) in [4.78, 5) is 10.0. The summed E-state index contributed by atoms with van der Waals surface area (Å²) in [7, 11) is 0. The molecule has 4 nitrogen and oxygen atoms in total. The van der Waals surface area contributed by atoms with Crippen molar-refractivity contribution in [2.45, 2.75) is 40.7 Å². The van der Waals surface area contributed by atoms with Gasteiger partial charge in [0.25, 0.3) is 0 Å². The quantitative estimate of drug-likeness (QED) is 0.155. The molecule has 0 amide bonds. The van der Waals surface area contributed by atoms with Gasteiger partial charge in [0.2, 0.25) is 0 Å². The Labute approximate surface area is 314 Å². The van der Waals surface area contributed by atoms with Crippen molar-refractivity contribution in [1.82, 2.24) is 14.5 Å². The van der Waals surface area contributed by atoms with E-state index in [1.807, 2.05) is 101 Å². The van der Waals surface area contributed by atoms with E-state index in [1.165, 1.54) is 52.8 Å². The first-order chi connectivity index (χ1) is 26.1. The van der Waals surface area contributed by atoms with Crippen LogP contribution in [0.25, 0.3) is 81.1 Å². The minimum Gasteiger partial charge on any atom is -0.482 e. The van der Waals surface area contributed by atoms with E-state index in [-0.39, 0.29) is 6.10 Å². The lowest BCUT2D eigenvalue weighted by atomic mass is 10.00. The number of aromatic nitrogens is 3. The standard InChI is InChI=1S/C46H35N3OS.C2H6/c1-4-5-7-16-29(2)50-44-30(3)47-46(32-17-8-6-9-18-32)48-42(44)31-25-27-33(28-26-31)49-38-23-14-12-21-36(38)40-41-37-22-13-15-24-39(37)51-45(41)35-20-11-10-19-34(35)43(40)49;1-2/h4-29H,1-3H3;1-2H3/b5-4-,16-7-;. The molecule has 0 N–H and O–H groups in total. The van der Waals surface area contributed by atoms with Crippen LogP contribution in [-0.2, 0) is 0 Å². The molecular weight excluding hydrogens is 667 g/mol. The maximum Gasteiger partial charge on any atom is 0.167 e. The van der Waals surface area contributed by atoms with E-state index in [2.05, 4.69) is 102 Å². The molecule has 0 aliphatic carbocycles. The molecule has 260 valence electrons. The number of allylic oxidation sites excluding steroid dienone is 3. The normalized spacial score (nSPS) is 12.4. The molecule has 53 heavy (non-hydrogen) atoms. The monoisotopic (exact) mass is 707 g/mol. The Morgan fingerprint density at radius 1 is 0.660 bits per heavy atom. The zero-order valence-electron chi connectivity index (χ0n) is 30.7. The Kier molecular flexibility index (Phi) is 9.34. The predicted octanol–water partition coefficient (Wildman–Crippen LogP) is 13.7. The van der Waals surface area contributed by atoms with Gasteiger partial charge in [0.15, 0.2) is 11.6 Å². The number of nitrogens with zero attached hydrogens (tertiary/aromatic N) is 3. The summed E-state index contributed by atoms with van der Waals surface area (Å²) >= 11 is 1.89. The number of rotatable bonds is 7. The van der Waals surface area contributed by atoms with E-state index < -0.39 is 0 Å². The first kappa shape index (κ1) is 34.1. The van der Waals surface area contributed by atoms with Gasteiger partial charge in [-0.2, -0.15) is 0 Å². The zero-order valence-corrected chi connectivity index (χ0v) is 31.5. The van der Waals surface area contributed by atoms with Crippen LogP contribution in [0.15, 0.2) is 152 Å². The number of benzene rings is 6. The summed E-state index contributed by atoms with van der Waals surface area (Å²) in [5.41, 5.74) is 7.02. The van der Waals surface area contributed by atoms with Gasteiger partial charge in [0, 0.05) is 58.5 Å². The van der Waals surface area contributed by atoms with Gasteiger partial charge in [0.05, 0.1) is 16.7 Å². The highest BCUT2D eigenvalue weighted by molar-refractivity contribution is 7.27. The topological polar surface area (TPSA) is 39.9 Å². The fourth-order valence-electron chi connectivity index (χ4n) is 7.33. The van der Waals surface area contributed by atoms with E-state index in [9.17, 15) is 0 Å². The van der Waals surface area contributed by atoms with Crippen LogP contribution in [0, 0.1) is 6.92 Å². The van der Waals surface area contributed by atoms with Crippen LogP contribution < -0.4 is 4.74 Å². The van der Waals surface area contributed by atoms with Crippen LogP contribution in [0.1, 0.15) is 33.4 Å². The van der Waals surface area contributed by atoms with Crippen molar-refractivity contribution in [3.63, 3.8) is 0 Å². The summed E-state index contributed by atoms with van der Waals surface area (Å²) in [5, 5.41) is 7.73. The van der Waals surface area contributed by atoms with Gasteiger partial charge in [-0.05, 0) is 51.1 Å². The SMILES string of the molecule is C/C=C\C=C/C(C)Oc1c(C)nc(-c2ccccc2)nc1-c1ccc(-n2c3ccccc3c3c4c5ccccc5sc4c4ccccc4c32)cc1.CC. The summed E-state index contributed by atoms with van der Waals surface area (Å²) < 4.78 is 11.6. The summed E-state index contributed by atoms with van der Waals surface area (Å²) in [5.74, 6) is 1.37. The van der Waals surface area contributed by atoms with Crippen molar-refractivity contribution < 1.29 is 4.74 Å². The number of ether oxygens (including phenoxy) is 1. The molecule has 0 bridgehead atoms. The molecule has 3 heterocycles. The van der Waals surface area contributed by atoms with Gasteiger partial charge >= 0.3 is 0 Å². The van der Waals surface area contributed by atoms with E-state index in [4.69, 9.17) is 14.7 Å². The summed E-state index contributed by atoms with van der Waals surface area (Å²) in [6.07, 6.45) is 7.89. The third-order valence-corrected chi connectivity index (χ3v) is 10.8. The maximum atomic E-state index is 6.55. The third-order valence-electron chi connectivity index (χ3n) is 9.60. The van der Waals surface area contributed by atoms with Crippen LogP contribution in [-0.4, -0.2) is 20.6 Å². The van der Waals surface area contributed by atoms with Crippen LogP contribution in [0.4, 0.5) is 0 Å². The smallest absolute Gasteiger partial charge is 0.167 e. The van der Waals surface area contributed by atoms with E-state index in [0.29, 0.717) is 11.6 Å². The molecule has 1 atom stereocenters. The van der Waals surface area contributed by atoms with E-state index in [0.717, 1.165) is 28.2 Å². The van der Waals surface area contributed by atoms with Crippen molar-refractivity contribution >= 4 is 64.1 Å². The van der Waals surface area contributed by atoms with Gasteiger partial charge in [-0.25, -0.2) is 9.97 Å². The molecule has 1 unspecified atom stereocenters. The predicted molar refractivity (Wildman–Crippen MR) is 228 cm³/mol. The molecule has 9 aromatic rings. The first-order valence-electron chi connectivity index (χ1n) is 18.4. The van der Waals surface area contributed by atoms with Gasteiger partial charge in [0.1, 0.15) is 11.8 Å². The van der Waals surface area contributed by atoms with Crippen LogP contribution in [0.5, 0.6) is 5.75 Å². The van der Waals surface area contributed by atoms with Crippen molar-refractivity contribution in [3.05, 3.63) is 157 Å². The molecular formula is C48H41N3OS. The molecule has 5 heteroatoms. The minimum absolute atomic E-state index is 0.167. The fourth-order valence-corrected chi connectivity index (χ4v) is 8.58. The average Bonchev–Trinajstić information content (AvgIpc) is 3.77. The minimum atomic E-state index is -0.167. The lowest BCUT2D eigenvalue weighted by Crippen LogP contribution is -2.12. The molecule has 0 aliphatic heterocycles. The van der Waals surface area contributed by atoms with Crippen LogP contribution in [0.2, 0.25) is 0 Å². The fraction of sp³-hybridized carbons (Fsp3) is 0.125. The van der Waals surface area contributed by atoms with Crippen molar-refractivity contribution in [1.29, 1.82) is 0 Å². The molecule has 0 saturated carbocycles. The summed E-state index contributed by atoms with van der Waals surface area (Å²) in [6, 6.07) is 45.4. The lowest BCUT2D eigenvalue weighted by molar-refractivity contribution is 0.267. The van der Waals surface area contributed by atoms with Crippen molar-refractivity contribution in [2.24, 2.45) is 0 Å². The maximum absolute atomic E-state index is 6.55. The molecule has 0 saturated heterocycles. The Morgan fingerprint density at radius 2 is 1.32 bits per heavy atom. The summed E-state index contributed by atoms with van der Waals surface area (Å²) in [6.45, 7) is 10.0. The number of hydrogen-bond donors (Lipinski definition) is 0. The number of hydrogen-bond acceptors (Lipinski definition) is 4. The van der Waals surface area contributed by atoms with Gasteiger partial charge in [-0.1, -0.05) is 135 Å². The van der Waals surface area contributed by atoms with Crippen molar-refractivity contribution in [3.8, 4) is 34.1 Å². The van der Waals surface area contributed by atoms with E-state index in [1.54, 1.807) is 0 Å². The van der Waals surface area contributed by atoms with Gasteiger partial charge in [-0.15, -0.1) is 11.3 Å². The van der Waals surface area contributed by atoms with Crippen LogP contribution >= 0.6 is 11.3 Å². The lowest BCUT2D eigenvalue weighted by Gasteiger charge is -2.18. The Morgan fingerprint density at radius 3 is 2.08 bits per heavy atom.